The van der Waals surface area contributed by atoms with E-state index in [2.05, 4.69) is 118 Å². The minimum absolute atomic E-state index is 0.0694. The quantitative estimate of drug-likeness (QED) is 0.255. The Hall–Kier alpha value is -2.84. The molecule has 31 heavy (non-hydrogen) atoms. The maximum Gasteiger partial charge on any atom is 0.149 e. The monoisotopic (exact) mass is 413 g/mol. The third kappa shape index (κ3) is 6.08. The number of benzene rings is 3. The zero-order valence-corrected chi connectivity index (χ0v) is 19.3. The summed E-state index contributed by atoms with van der Waals surface area (Å²) in [6.45, 7) is 10.7. The molecular formula is C29H35NO. The van der Waals surface area contributed by atoms with Crippen molar-refractivity contribution in [3.8, 4) is 5.75 Å². The lowest BCUT2D eigenvalue weighted by atomic mass is 9.89. The van der Waals surface area contributed by atoms with Crippen LogP contribution in [0.4, 0.5) is 0 Å². The summed E-state index contributed by atoms with van der Waals surface area (Å²) < 4.78 is 6.18. The predicted octanol–water partition coefficient (Wildman–Crippen LogP) is 7.32. The molecule has 0 aromatic heterocycles. The first-order valence-electron chi connectivity index (χ1n) is 11.5. The Balaban J connectivity index is 1.93. The molecule has 3 rings (SSSR count). The minimum atomic E-state index is 0.0694. The molecule has 0 N–H and O–H groups in total. The lowest BCUT2D eigenvalue weighted by Gasteiger charge is -2.27. The minimum Gasteiger partial charge on any atom is -0.475 e. The fourth-order valence-electron chi connectivity index (χ4n) is 4.16. The standard InChI is InChI=1S/C29H35NO/c1-5-28(26-18-20-27(21-19-26)31-23(4)30(6-2)7-3)29(25-16-12-9-13-17-25)22-24-14-10-8-11-15-24/h8-21,23H,5-7,22H2,1-4H3/b29-28+. The van der Waals surface area contributed by atoms with Crippen LogP contribution in [0.3, 0.4) is 0 Å². The normalized spacial score (nSPS) is 13.1. The van der Waals surface area contributed by atoms with Gasteiger partial charge < -0.3 is 4.74 Å². The summed E-state index contributed by atoms with van der Waals surface area (Å²) >= 11 is 0. The van der Waals surface area contributed by atoms with Gasteiger partial charge in [-0.15, -0.1) is 0 Å². The zero-order chi connectivity index (χ0) is 22.1. The van der Waals surface area contributed by atoms with Gasteiger partial charge in [-0.25, -0.2) is 0 Å². The van der Waals surface area contributed by atoms with E-state index in [1.54, 1.807) is 0 Å². The first-order valence-corrected chi connectivity index (χ1v) is 11.5. The van der Waals surface area contributed by atoms with Crippen molar-refractivity contribution in [1.82, 2.24) is 4.90 Å². The lowest BCUT2D eigenvalue weighted by molar-refractivity contribution is 0.0481. The Morgan fingerprint density at radius 1 is 0.710 bits per heavy atom. The third-order valence-corrected chi connectivity index (χ3v) is 5.90. The van der Waals surface area contributed by atoms with Gasteiger partial charge in [0.15, 0.2) is 0 Å². The number of hydrogen-bond acceptors (Lipinski definition) is 2. The van der Waals surface area contributed by atoms with Gasteiger partial charge in [0.25, 0.3) is 0 Å². The number of hydrogen-bond donors (Lipinski definition) is 0. The molecular weight excluding hydrogens is 378 g/mol. The largest absolute Gasteiger partial charge is 0.475 e. The van der Waals surface area contributed by atoms with Gasteiger partial charge in [0.2, 0.25) is 0 Å². The van der Waals surface area contributed by atoms with Crippen LogP contribution in [0.2, 0.25) is 0 Å². The first-order chi connectivity index (χ1) is 15.2. The van der Waals surface area contributed by atoms with Crippen molar-refractivity contribution in [2.45, 2.75) is 46.8 Å². The smallest absolute Gasteiger partial charge is 0.149 e. The van der Waals surface area contributed by atoms with Crippen molar-refractivity contribution in [3.05, 3.63) is 102 Å². The summed E-state index contributed by atoms with van der Waals surface area (Å²) in [6, 6.07) is 30.1. The van der Waals surface area contributed by atoms with Crippen LogP contribution in [0.1, 0.15) is 50.8 Å². The third-order valence-electron chi connectivity index (χ3n) is 5.90. The molecule has 2 nitrogen and oxygen atoms in total. The predicted molar refractivity (Wildman–Crippen MR) is 133 cm³/mol. The molecule has 0 aliphatic carbocycles. The van der Waals surface area contributed by atoms with Gasteiger partial charge in [0, 0.05) is 0 Å². The molecule has 0 bridgehead atoms. The molecule has 0 heterocycles. The Morgan fingerprint density at radius 2 is 1.26 bits per heavy atom. The second kappa shape index (κ2) is 11.5. The Labute approximate surface area is 188 Å². The molecule has 0 fully saturated rings. The average molecular weight is 414 g/mol. The van der Waals surface area contributed by atoms with Crippen LogP contribution in [-0.4, -0.2) is 24.2 Å². The molecule has 0 saturated heterocycles. The average Bonchev–Trinajstić information content (AvgIpc) is 2.82. The van der Waals surface area contributed by atoms with Crippen LogP contribution >= 0.6 is 0 Å². The number of nitrogens with zero attached hydrogens (tertiary/aromatic N) is 1. The van der Waals surface area contributed by atoms with E-state index in [0.717, 1.165) is 31.7 Å². The van der Waals surface area contributed by atoms with Crippen LogP contribution in [0.15, 0.2) is 84.9 Å². The lowest BCUT2D eigenvalue weighted by Crippen LogP contribution is -2.36. The summed E-state index contributed by atoms with van der Waals surface area (Å²) in [4.78, 5) is 2.30. The Morgan fingerprint density at radius 3 is 1.81 bits per heavy atom. The topological polar surface area (TPSA) is 12.5 Å². The molecule has 0 radical (unpaired) electrons. The van der Waals surface area contributed by atoms with Crippen LogP contribution < -0.4 is 4.74 Å². The molecule has 0 saturated carbocycles. The molecule has 3 aromatic carbocycles. The molecule has 2 heteroatoms. The van der Waals surface area contributed by atoms with E-state index in [1.807, 2.05) is 0 Å². The molecule has 1 unspecified atom stereocenters. The fraction of sp³-hybridized carbons (Fsp3) is 0.310. The summed E-state index contributed by atoms with van der Waals surface area (Å²) in [5, 5.41) is 0. The molecule has 0 amide bonds. The van der Waals surface area contributed by atoms with E-state index >= 15 is 0 Å². The van der Waals surface area contributed by atoms with E-state index in [0.29, 0.717) is 0 Å². The SMILES string of the molecule is CC/C(=C(/Cc1ccccc1)c1ccccc1)c1ccc(OC(C)N(CC)CC)cc1. The van der Waals surface area contributed by atoms with Crippen molar-refractivity contribution in [1.29, 1.82) is 0 Å². The van der Waals surface area contributed by atoms with Crippen LogP contribution in [0.5, 0.6) is 5.75 Å². The van der Waals surface area contributed by atoms with E-state index < -0.39 is 0 Å². The maximum atomic E-state index is 6.18. The second-order valence-corrected chi connectivity index (χ2v) is 7.80. The second-order valence-electron chi connectivity index (χ2n) is 7.80. The highest BCUT2D eigenvalue weighted by Crippen LogP contribution is 2.32. The van der Waals surface area contributed by atoms with Gasteiger partial charge in [0.05, 0.1) is 0 Å². The number of rotatable bonds is 10. The van der Waals surface area contributed by atoms with Crippen LogP contribution in [0, 0.1) is 0 Å². The Kier molecular flexibility index (Phi) is 8.49. The van der Waals surface area contributed by atoms with Crippen molar-refractivity contribution in [3.63, 3.8) is 0 Å². The zero-order valence-electron chi connectivity index (χ0n) is 19.3. The highest BCUT2D eigenvalue weighted by Gasteiger charge is 2.14. The Bertz CT molecular complexity index is 941. The molecule has 0 spiro atoms. The van der Waals surface area contributed by atoms with Gasteiger partial charge in [0.1, 0.15) is 12.0 Å². The molecule has 162 valence electrons. The van der Waals surface area contributed by atoms with Gasteiger partial charge >= 0.3 is 0 Å². The van der Waals surface area contributed by atoms with Crippen LogP contribution in [-0.2, 0) is 6.42 Å². The summed E-state index contributed by atoms with van der Waals surface area (Å²) in [5.41, 5.74) is 6.66. The highest BCUT2D eigenvalue weighted by molar-refractivity contribution is 5.91. The number of allylic oxidation sites excluding steroid dienone is 2. The summed E-state index contributed by atoms with van der Waals surface area (Å²) in [6.07, 6.45) is 1.97. The van der Waals surface area contributed by atoms with E-state index in [9.17, 15) is 0 Å². The fourth-order valence-corrected chi connectivity index (χ4v) is 4.16. The van der Waals surface area contributed by atoms with Crippen molar-refractivity contribution in [2.75, 3.05) is 13.1 Å². The van der Waals surface area contributed by atoms with Crippen molar-refractivity contribution < 1.29 is 4.74 Å². The van der Waals surface area contributed by atoms with Gasteiger partial charge in [-0.1, -0.05) is 93.6 Å². The highest BCUT2D eigenvalue weighted by atomic mass is 16.5. The van der Waals surface area contributed by atoms with Crippen molar-refractivity contribution >= 4 is 11.1 Å². The van der Waals surface area contributed by atoms with Gasteiger partial charge in [-0.3, -0.25) is 4.90 Å². The number of ether oxygens (including phenoxy) is 1. The summed E-state index contributed by atoms with van der Waals surface area (Å²) in [7, 11) is 0. The molecule has 0 aliphatic rings. The molecule has 3 aromatic rings. The maximum absolute atomic E-state index is 6.18. The molecule has 1 atom stereocenters. The van der Waals surface area contributed by atoms with Gasteiger partial charge in [-0.2, -0.15) is 0 Å². The van der Waals surface area contributed by atoms with Crippen molar-refractivity contribution in [2.24, 2.45) is 0 Å². The summed E-state index contributed by atoms with van der Waals surface area (Å²) in [5.74, 6) is 0.919. The molecule has 0 aliphatic heterocycles. The van der Waals surface area contributed by atoms with Gasteiger partial charge in [-0.05, 0) is 72.8 Å². The van der Waals surface area contributed by atoms with E-state index in [4.69, 9.17) is 4.74 Å². The van der Waals surface area contributed by atoms with E-state index in [1.165, 1.54) is 27.8 Å². The first kappa shape index (κ1) is 22.8. The van der Waals surface area contributed by atoms with Crippen LogP contribution in [0.25, 0.3) is 11.1 Å². The van der Waals surface area contributed by atoms with E-state index in [-0.39, 0.29) is 6.23 Å².